The molecule has 2 amide bonds. The molecule has 190 valence electrons. The fraction of sp³-hybridized carbons (Fsp3) is 0.654. The van der Waals surface area contributed by atoms with Crippen LogP contribution in [0.15, 0.2) is 24.3 Å². The van der Waals surface area contributed by atoms with Crippen LogP contribution in [0.1, 0.15) is 56.3 Å². The summed E-state index contributed by atoms with van der Waals surface area (Å²) in [6.07, 6.45) is 2.95. The van der Waals surface area contributed by atoms with E-state index in [1.807, 2.05) is 35.8 Å². The van der Waals surface area contributed by atoms with Gasteiger partial charge in [0.15, 0.2) is 0 Å². The fourth-order valence-corrected chi connectivity index (χ4v) is 6.10. The van der Waals surface area contributed by atoms with Gasteiger partial charge in [0.1, 0.15) is 11.5 Å². The first-order chi connectivity index (χ1) is 16.7. The summed E-state index contributed by atoms with van der Waals surface area (Å²) in [5.74, 6) is -0.311. The van der Waals surface area contributed by atoms with Crippen LogP contribution >= 0.6 is 0 Å². The van der Waals surface area contributed by atoms with Crippen molar-refractivity contribution in [2.24, 2.45) is 23.2 Å². The van der Waals surface area contributed by atoms with E-state index < -0.39 is 5.92 Å². The molecule has 4 rings (SSSR count). The number of ketones is 1. The largest absolute Gasteiger partial charge is 0.494 e. The van der Waals surface area contributed by atoms with Crippen molar-refractivity contribution >= 4 is 17.6 Å². The number of nitrogens with zero attached hydrogens (tertiary/aromatic N) is 3. The molecule has 1 spiro atoms. The number of piperidine rings is 1. The van der Waals surface area contributed by atoms with Crippen molar-refractivity contribution in [3.8, 4) is 5.75 Å². The normalized spacial score (nSPS) is 25.8. The van der Waals surface area contributed by atoms with Crippen LogP contribution in [0.4, 0.5) is 0 Å². The van der Waals surface area contributed by atoms with Gasteiger partial charge in [0.2, 0.25) is 12.5 Å². The van der Waals surface area contributed by atoms with Gasteiger partial charge in [-0.2, -0.15) is 0 Å². The van der Waals surface area contributed by atoms with Crippen LogP contribution in [-0.2, 0) is 9.59 Å². The summed E-state index contributed by atoms with van der Waals surface area (Å²) in [6, 6.07) is 7.22. The lowest BCUT2D eigenvalue weighted by Gasteiger charge is -2.39. The van der Waals surface area contributed by atoms with E-state index >= 15 is 0 Å². The lowest BCUT2D eigenvalue weighted by atomic mass is 9.77. The molecule has 2 heterocycles. The number of hydrogen-bond donors (Lipinski definition) is 0. The lowest BCUT2D eigenvalue weighted by Crippen LogP contribution is -2.45. The van der Waals surface area contributed by atoms with Crippen LogP contribution in [0, 0.1) is 33.3 Å². The highest BCUT2D eigenvalue weighted by Crippen LogP contribution is 2.42. The molecule has 35 heavy (non-hydrogen) atoms. The van der Waals surface area contributed by atoms with E-state index in [2.05, 4.69) is 0 Å². The van der Waals surface area contributed by atoms with Crippen molar-refractivity contribution in [2.75, 3.05) is 39.3 Å². The lowest BCUT2D eigenvalue weighted by molar-refractivity contribution is -0.490. The van der Waals surface area contributed by atoms with Crippen molar-refractivity contribution in [1.82, 2.24) is 9.80 Å². The number of Topliss-reactive ketones (excluding diaryl/α,β-unsaturated/α-hetero) is 1. The molecule has 3 aliphatic rings. The van der Waals surface area contributed by atoms with E-state index in [0.717, 1.165) is 25.0 Å². The minimum atomic E-state index is -0.548. The highest BCUT2D eigenvalue weighted by Gasteiger charge is 2.47. The molecule has 0 bridgehead atoms. The molecule has 1 aromatic rings. The van der Waals surface area contributed by atoms with E-state index in [1.54, 1.807) is 12.1 Å². The molecule has 1 saturated carbocycles. The Bertz CT molecular complexity index is 970. The van der Waals surface area contributed by atoms with Crippen molar-refractivity contribution in [3.05, 3.63) is 39.9 Å². The summed E-state index contributed by atoms with van der Waals surface area (Å²) < 4.78 is 5.45. The average molecular weight is 486 g/mol. The van der Waals surface area contributed by atoms with Crippen LogP contribution in [0.5, 0.6) is 5.75 Å². The Morgan fingerprint density at radius 2 is 1.74 bits per heavy atom. The van der Waals surface area contributed by atoms with Gasteiger partial charge in [-0.05, 0) is 61.8 Å². The van der Waals surface area contributed by atoms with Crippen LogP contribution in [0.25, 0.3) is 0 Å². The average Bonchev–Trinajstić information content (AvgIpc) is 3.35. The van der Waals surface area contributed by atoms with Crippen LogP contribution in [-0.4, -0.2) is 71.7 Å². The Balaban J connectivity index is 1.30. The number of rotatable bonds is 7. The summed E-state index contributed by atoms with van der Waals surface area (Å²) in [5.41, 5.74) is 0.644. The van der Waals surface area contributed by atoms with Gasteiger partial charge < -0.3 is 14.5 Å². The van der Waals surface area contributed by atoms with Gasteiger partial charge in [-0.15, -0.1) is 0 Å². The Hall–Kier alpha value is -2.97. The molecule has 1 aromatic carbocycles. The van der Waals surface area contributed by atoms with Crippen LogP contribution in [0.2, 0.25) is 0 Å². The van der Waals surface area contributed by atoms with Crippen molar-refractivity contribution < 1.29 is 24.0 Å². The van der Waals surface area contributed by atoms with Crippen molar-refractivity contribution in [1.29, 1.82) is 0 Å². The number of likely N-dealkylation sites (tertiary alicyclic amines) is 2. The topological polar surface area (TPSA) is 110 Å². The van der Waals surface area contributed by atoms with E-state index in [0.29, 0.717) is 44.8 Å². The smallest absolute Gasteiger partial charge is 0.253 e. The molecule has 0 radical (unpaired) electrons. The number of nitro groups is 1. The molecule has 0 N–H and O–H groups in total. The molecule has 9 heteroatoms. The van der Waals surface area contributed by atoms with Gasteiger partial charge in [-0.25, -0.2) is 0 Å². The SMILES string of the molecule is CCOc1ccc(C(=O)N2CCC3(CCN(C(=O)CC4C(=O)CC(C)C4C[N+](=O)[O-])C3)CC2)cc1. The van der Waals surface area contributed by atoms with Crippen LogP contribution in [0.3, 0.4) is 0 Å². The van der Waals surface area contributed by atoms with E-state index in [9.17, 15) is 24.5 Å². The maximum atomic E-state index is 13.1. The Labute approximate surface area is 205 Å². The number of benzene rings is 1. The van der Waals surface area contributed by atoms with E-state index in [4.69, 9.17) is 4.74 Å². The second kappa shape index (κ2) is 10.3. The van der Waals surface area contributed by atoms with Gasteiger partial charge in [-0.1, -0.05) is 6.92 Å². The van der Waals surface area contributed by atoms with Crippen molar-refractivity contribution in [2.45, 2.75) is 46.0 Å². The van der Waals surface area contributed by atoms with Gasteiger partial charge in [0, 0.05) is 61.3 Å². The fourth-order valence-electron chi connectivity index (χ4n) is 6.10. The first kappa shape index (κ1) is 25.1. The zero-order valence-corrected chi connectivity index (χ0v) is 20.6. The molecular formula is C26H35N3O6. The van der Waals surface area contributed by atoms with Gasteiger partial charge >= 0.3 is 0 Å². The molecule has 0 aromatic heterocycles. The van der Waals surface area contributed by atoms with Crippen molar-refractivity contribution in [3.63, 3.8) is 0 Å². The zero-order valence-electron chi connectivity index (χ0n) is 20.6. The quantitative estimate of drug-likeness (QED) is 0.434. The number of ether oxygens (including phenoxy) is 1. The number of carbonyl (C=O) groups excluding carboxylic acids is 3. The predicted octanol–water partition coefficient (Wildman–Crippen LogP) is 3.05. The first-order valence-corrected chi connectivity index (χ1v) is 12.7. The Morgan fingerprint density at radius 1 is 1.11 bits per heavy atom. The molecule has 3 unspecified atom stereocenters. The monoisotopic (exact) mass is 485 g/mol. The third-order valence-corrected chi connectivity index (χ3v) is 8.25. The third kappa shape index (κ3) is 5.49. The molecule has 1 aliphatic carbocycles. The van der Waals surface area contributed by atoms with E-state index in [-0.39, 0.29) is 52.7 Å². The van der Waals surface area contributed by atoms with E-state index in [1.165, 1.54) is 0 Å². The molecule has 3 fully saturated rings. The Morgan fingerprint density at radius 3 is 2.34 bits per heavy atom. The summed E-state index contributed by atoms with van der Waals surface area (Å²) >= 11 is 0. The van der Waals surface area contributed by atoms with Gasteiger partial charge in [0.25, 0.3) is 5.91 Å². The summed E-state index contributed by atoms with van der Waals surface area (Å²) in [5, 5.41) is 11.1. The minimum Gasteiger partial charge on any atom is -0.494 e. The summed E-state index contributed by atoms with van der Waals surface area (Å²) in [7, 11) is 0. The molecule has 9 nitrogen and oxygen atoms in total. The standard InChI is InChI=1S/C26H35N3O6/c1-3-35-20-6-4-19(5-7-20)25(32)27-11-8-26(9-12-27)10-13-28(17-26)24(31)15-21-22(16-29(33)34)18(2)14-23(21)30/h4-7,18,21-22H,3,8-17H2,1-2H3. The Kier molecular flexibility index (Phi) is 7.42. The summed E-state index contributed by atoms with van der Waals surface area (Å²) in [4.78, 5) is 52.9. The third-order valence-electron chi connectivity index (χ3n) is 8.25. The maximum absolute atomic E-state index is 13.1. The highest BCUT2D eigenvalue weighted by atomic mass is 16.6. The second-order valence-corrected chi connectivity index (χ2v) is 10.5. The van der Waals surface area contributed by atoms with Gasteiger partial charge in [-0.3, -0.25) is 24.5 Å². The highest BCUT2D eigenvalue weighted by molar-refractivity contribution is 5.94. The second-order valence-electron chi connectivity index (χ2n) is 10.5. The minimum absolute atomic E-state index is 0.00151. The van der Waals surface area contributed by atoms with Crippen LogP contribution < -0.4 is 4.74 Å². The zero-order chi connectivity index (χ0) is 25.2. The molecule has 2 saturated heterocycles. The molecule has 2 aliphatic heterocycles. The van der Waals surface area contributed by atoms with Gasteiger partial charge in [0.05, 0.1) is 6.61 Å². The molecular weight excluding hydrogens is 450 g/mol. The maximum Gasteiger partial charge on any atom is 0.253 e. The molecule has 3 atom stereocenters. The number of hydrogen-bond acceptors (Lipinski definition) is 6. The first-order valence-electron chi connectivity index (χ1n) is 12.7. The number of carbonyl (C=O) groups is 3. The number of amides is 2. The summed E-state index contributed by atoms with van der Waals surface area (Å²) in [6.45, 7) is 6.68. The predicted molar refractivity (Wildman–Crippen MR) is 129 cm³/mol.